The number of para-hydroxylation sites is 2. The van der Waals surface area contributed by atoms with Gasteiger partial charge >= 0.3 is 0 Å². The van der Waals surface area contributed by atoms with Gasteiger partial charge in [-0.05, 0) is 69.3 Å². The number of anilines is 3. The van der Waals surface area contributed by atoms with Gasteiger partial charge in [-0.25, -0.2) is 0 Å². The third-order valence-electron chi connectivity index (χ3n) is 7.09. The smallest absolute Gasteiger partial charge is 0.270 e. The topological polar surface area (TPSA) is 30.7 Å². The first-order chi connectivity index (χ1) is 19.0. The number of rotatable bonds is 6. The Bertz CT molecular complexity index is 1660. The van der Waals surface area contributed by atoms with Crippen LogP contribution in [0.2, 0.25) is 0 Å². The van der Waals surface area contributed by atoms with E-state index in [1.54, 1.807) is 4.90 Å². The summed E-state index contributed by atoms with van der Waals surface area (Å²) in [7, 11) is 0. The maximum atomic E-state index is 12.9. The second-order valence-electron chi connectivity index (χ2n) is 9.21. The van der Waals surface area contributed by atoms with Crippen molar-refractivity contribution in [2.24, 2.45) is 0 Å². The van der Waals surface area contributed by atoms with Crippen molar-refractivity contribution in [2.75, 3.05) is 22.9 Å². The van der Waals surface area contributed by atoms with Gasteiger partial charge in [0.1, 0.15) is 21.4 Å². The number of allylic oxidation sites excluding steroid dienone is 2. The molecule has 1 fully saturated rings. The Balaban J connectivity index is 1.49. The van der Waals surface area contributed by atoms with E-state index in [4.69, 9.17) is 12.2 Å². The van der Waals surface area contributed by atoms with E-state index in [9.17, 15) is 4.79 Å². The molecule has 0 spiro atoms. The summed E-state index contributed by atoms with van der Waals surface area (Å²) in [6.45, 7) is 8.60. The zero-order valence-corrected chi connectivity index (χ0v) is 24.6. The highest BCUT2D eigenvalue weighted by Crippen LogP contribution is 2.48. The summed E-state index contributed by atoms with van der Waals surface area (Å²) in [5.41, 5.74) is 5.82. The highest BCUT2D eigenvalue weighted by atomic mass is 32.2. The summed E-state index contributed by atoms with van der Waals surface area (Å²) in [4.78, 5) is 19.8. The van der Waals surface area contributed by atoms with E-state index in [1.807, 2.05) is 30.4 Å². The van der Waals surface area contributed by atoms with Crippen LogP contribution in [0.5, 0.6) is 0 Å². The predicted molar refractivity (Wildman–Crippen MR) is 168 cm³/mol. The molecule has 2 aliphatic rings. The van der Waals surface area contributed by atoms with Gasteiger partial charge in [0, 0.05) is 24.8 Å². The lowest BCUT2D eigenvalue weighted by molar-refractivity contribution is -0.653. The fraction of sp³-hybridized carbons (Fsp3) is 0.194. The number of amides is 1. The molecule has 5 nitrogen and oxygen atoms in total. The Morgan fingerprint density at radius 3 is 2.33 bits per heavy atom. The van der Waals surface area contributed by atoms with Crippen LogP contribution in [0.1, 0.15) is 20.8 Å². The van der Waals surface area contributed by atoms with Crippen molar-refractivity contribution in [3.63, 3.8) is 0 Å². The minimum atomic E-state index is -0.0228. The van der Waals surface area contributed by atoms with Crippen molar-refractivity contribution in [2.45, 2.75) is 27.3 Å². The number of carbonyl (C=O) groups excluding carboxylic acids is 1. The number of thiocarbonyl (C=S) groups is 1. The third kappa shape index (κ3) is 4.36. The lowest BCUT2D eigenvalue weighted by Crippen LogP contribution is -2.32. The molecule has 0 bridgehead atoms. The first-order valence-corrected chi connectivity index (χ1v) is 15.2. The van der Waals surface area contributed by atoms with Gasteiger partial charge in [-0.1, -0.05) is 65.6 Å². The van der Waals surface area contributed by atoms with Gasteiger partial charge in [-0.15, -0.1) is 0 Å². The number of likely N-dealkylation sites (N-methyl/N-ethyl adjacent to an activating group) is 1. The molecule has 0 aliphatic carbocycles. The third-order valence-corrected chi connectivity index (χ3v) is 9.70. The average Bonchev–Trinajstić information content (AvgIpc) is 3.59. The molecule has 0 N–H and O–H groups in total. The Labute approximate surface area is 242 Å². The van der Waals surface area contributed by atoms with E-state index in [-0.39, 0.29) is 5.91 Å². The van der Waals surface area contributed by atoms with Gasteiger partial charge in [0.15, 0.2) is 0 Å². The lowest BCUT2D eigenvalue weighted by Gasteiger charge is -2.24. The van der Waals surface area contributed by atoms with Crippen molar-refractivity contribution in [3.8, 4) is 10.6 Å². The van der Waals surface area contributed by atoms with E-state index in [2.05, 4.69) is 101 Å². The molecule has 1 saturated heterocycles. The van der Waals surface area contributed by atoms with Crippen LogP contribution in [0.3, 0.4) is 0 Å². The summed E-state index contributed by atoms with van der Waals surface area (Å²) >= 11 is 8.64. The summed E-state index contributed by atoms with van der Waals surface area (Å²) in [6, 6.07) is 25.8. The number of thioether (sulfide) groups is 1. The summed E-state index contributed by atoms with van der Waals surface area (Å²) < 4.78 is 4.30. The van der Waals surface area contributed by atoms with Crippen LogP contribution < -0.4 is 14.4 Å². The highest BCUT2D eigenvalue weighted by molar-refractivity contribution is 8.26. The van der Waals surface area contributed by atoms with Crippen molar-refractivity contribution in [3.05, 3.63) is 95.7 Å². The summed E-state index contributed by atoms with van der Waals surface area (Å²) in [6.07, 6.45) is 3.98. The standard InChI is InChI=1S/C31H29N4OS3/c1-4-32-25-20-21(30-33(5-2)24-14-10-11-15-26(24)38-30)16-17-23(25)35(22-12-8-7-9-13-22)28(32)19-18-27-29(36)34(6-3)31(37)39-27/h7-20H,4-6H2,1-3H3/q+1. The van der Waals surface area contributed by atoms with E-state index in [0.29, 0.717) is 15.8 Å². The van der Waals surface area contributed by atoms with Crippen molar-refractivity contribution in [1.82, 2.24) is 4.90 Å². The van der Waals surface area contributed by atoms with Crippen LogP contribution in [0.25, 0.3) is 20.8 Å². The summed E-state index contributed by atoms with van der Waals surface area (Å²) in [5, 5.41) is 1.25. The van der Waals surface area contributed by atoms with Crippen molar-refractivity contribution in [1.29, 1.82) is 0 Å². The number of benzene rings is 3. The minimum Gasteiger partial charge on any atom is -0.326 e. The number of aryl methyl sites for hydroxylation is 1. The van der Waals surface area contributed by atoms with Crippen LogP contribution in [0.4, 0.5) is 17.1 Å². The second kappa shape index (κ2) is 10.6. The fourth-order valence-corrected chi connectivity index (χ4v) is 7.82. The van der Waals surface area contributed by atoms with Gasteiger partial charge in [0.25, 0.3) is 10.9 Å². The molecule has 0 unspecified atom stereocenters. The zero-order valence-electron chi connectivity index (χ0n) is 22.1. The fourth-order valence-electron chi connectivity index (χ4n) is 5.28. The molecule has 1 amide bonds. The monoisotopic (exact) mass is 569 g/mol. The van der Waals surface area contributed by atoms with E-state index in [0.717, 1.165) is 36.0 Å². The minimum absolute atomic E-state index is 0.0228. The van der Waals surface area contributed by atoms with Gasteiger partial charge in [-0.3, -0.25) is 14.6 Å². The Morgan fingerprint density at radius 2 is 1.62 bits per heavy atom. The lowest BCUT2D eigenvalue weighted by atomic mass is 10.1. The quantitative estimate of drug-likeness (QED) is 0.137. The largest absolute Gasteiger partial charge is 0.326 e. The SMILES string of the molecule is CCN1C(=O)C(=CC=C2N(CC)c3cc(-c4sc5ccccc5[n+]4CC)ccc3N2c2ccccc2)SC1=S. The normalized spacial score (nSPS) is 17.4. The van der Waals surface area contributed by atoms with Gasteiger partial charge in [0.05, 0.1) is 21.8 Å². The zero-order chi connectivity index (χ0) is 27.1. The number of fused-ring (bicyclic) bond motifs is 2. The molecule has 0 radical (unpaired) electrons. The van der Waals surface area contributed by atoms with Crippen LogP contribution >= 0.6 is 35.3 Å². The molecule has 196 valence electrons. The Hall–Kier alpha value is -3.46. The van der Waals surface area contributed by atoms with Crippen LogP contribution in [-0.2, 0) is 11.3 Å². The molecular formula is C31H29N4OS3+. The predicted octanol–water partition coefficient (Wildman–Crippen LogP) is 7.46. The summed E-state index contributed by atoms with van der Waals surface area (Å²) in [5.74, 6) is 0.989. The number of aromatic nitrogens is 1. The maximum Gasteiger partial charge on any atom is 0.270 e. The Morgan fingerprint density at radius 1 is 0.872 bits per heavy atom. The molecule has 0 saturated carbocycles. The molecule has 3 heterocycles. The molecular weight excluding hydrogens is 541 g/mol. The average molecular weight is 570 g/mol. The molecule has 2 aliphatic heterocycles. The molecule has 0 atom stereocenters. The van der Waals surface area contributed by atoms with Gasteiger partial charge in [0.2, 0.25) is 5.52 Å². The number of nitrogens with zero attached hydrogens (tertiary/aromatic N) is 4. The van der Waals surface area contributed by atoms with E-state index >= 15 is 0 Å². The first-order valence-electron chi connectivity index (χ1n) is 13.2. The van der Waals surface area contributed by atoms with Crippen LogP contribution in [-0.4, -0.2) is 28.2 Å². The molecule has 4 aromatic rings. The molecule has 8 heteroatoms. The van der Waals surface area contributed by atoms with Gasteiger partial charge < -0.3 is 4.90 Å². The number of hydrogen-bond donors (Lipinski definition) is 0. The molecule has 1 aromatic heterocycles. The Kier molecular flexibility index (Phi) is 7.01. The second-order valence-corrected chi connectivity index (χ2v) is 11.9. The number of thiazole rings is 1. The van der Waals surface area contributed by atoms with Gasteiger partial charge in [-0.2, -0.15) is 4.57 Å². The maximum absolute atomic E-state index is 12.9. The van der Waals surface area contributed by atoms with Crippen molar-refractivity contribution >= 4 is 72.8 Å². The number of carbonyl (C=O) groups is 1. The van der Waals surface area contributed by atoms with Crippen LogP contribution in [0.15, 0.2) is 95.7 Å². The van der Waals surface area contributed by atoms with E-state index in [1.165, 1.54) is 32.5 Å². The van der Waals surface area contributed by atoms with Crippen molar-refractivity contribution < 1.29 is 9.36 Å². The van der Waals surface area contributed by atoms with E-state index < -0.39 is 0 Å². The number of hydrogen-bond acceptors (Lipinski definition) is 6. The highest BCUT2D eigenvalue weighted by Gasteiger charge is 2.34. The first kappa shape index (κ1) is 25.8. The molecule has 3 aromatic carbocycles. The molecule has 6 rings (SSSR count). The van der Waals surface area contributed by atoms with Crippen LogP contribution in [0, 0.1) is 0 Å². The molecule has 39 heavy (non-hydrogen) atoms.